The fourth-order valence-corrected chi connectivity index (χ4v) is 2.18. The Morgan fingerprint density at radius 3 is 2.74 bits per heavy atom. The molecule has 1 fully saturated rings. The topological polar surface area (TPSA) is 78.8 Å². The number of anilines is 1. The van der Waals surface area contributed by atoms with Gasteiger partial charge >= 0.3 is 5.97 Å². The van der Waals surface area contributed by atoms with Crippen LogP contribution >= 0.6 is 0 Å². The molecule has 3 N–H and O–H groups in total. The molecule has 0 amide bonds. The number of aryl methyl sites for hydroxylation is 1. The van der Waals surface area contributed by atoms with Crippen LogP contribution < -0.4 is 5.32 Å². The molecule has 2 rings (SSSR count). The fraction of sp³-hybridized carbons (Fsp3) is 0.500. The van der Waals surface area contributed by atoms with Gasteiger partial charge in [-0.25, -0.2) is 4.79 Å². The van der Waals surface area contributed by atoms with E-state index in [0.717, 1.165) is 5.56 Å². The molecule has 19 heavy (non-hydrogen) atoms. The van der Waals surface area contributed by atoms with Crippen molar-refractivity contribution in [2.45, 2.75) is 25.4 Å². The molecular formula is C14H19NO4. The van der Waals surface area contributed by atoms with E-state index in [1.807, 2.05) is 6.92 Å². The van der Waals surface area contributed by atoms with E-state index in [0.29, 0.717) is 38.3 Å². The number of aromatic carboxylic acids is 1. The molecule has 0 radical (unpaired) electrons. The Morgan fingerprint density at radius 2 is 2.11 bits per heavy atom. The maximum Gasteiger partial charge on any atom is 0.337 e. The highest BCUT2D eigenvalue weighted by atomic mass is 16.5. The minimum Gasteiger partial charge on any atom is -0.478 e. The SMILES string of the molecule is Cc1ccc(C(=O)O)c(NCC2(O)CCOCC2)c1. The zero-order valence-corrected chi connectivity index (χ0v) is 11.0. The number of benzene rings is 1. The Hall–Kier alpha value is -1.59. The van der Waals surface area contributed by atoms with Crippen molar-refractivity contribution >= 4 is 11.7 Å². The number of carboxylic acids is 1. The average Bonchev–Trinajstić information content (AvgIpc) is 2.37. The van der Waals surface area contributed by atoms with Gasteiger partial charge in [0.2, 0.25) is 0 Å². The molecule has 0 aromatic heterocycles. The minimum atomic E-state index is -0.971. The fourth-order valence-electron chi connectivity index (χ4n) is 2.18. The molecule has 0 unspecified atom stereocenters. The van der Waals surface area contributed by atoms with Crippen molar-refractivity contribution in [2.24, 2.45) is 0 Å². The first-order chi connectivity index (χ1) is 9.00. The summed E-state index contributed by atoms with van der Waals surface area (Å²) >= 11 is 0. The summed E-state index contributed by atoms with van der Waals surface area (Å²) < 4.78 is 5.22. The first kappa shape index (κ1) is 13.8. The van der Waals surface area contributed by atoms with Gasteiger partial charge in [-0.1, -0.05) is 6.07 Å². The average molecular weight is 265 g/mol. The summed E-state index contributed by atoms with van der Waals surface area (Å²) in [5, 5.41) is 22.5. The number of hydrogen-bond acceptors (Lipinski definition) is 4. The molecule has 5 nitrogen and oxygen atoms in total. The van der Waals surface area contributed by atoms with Crippen LogP contribution in [0.15, 0.2) is 18.2 Å². The van der Waals surface area contributed by atoms with Crippen molar-refractivity contribution in [1.82, 2.24) is 0 Å². The van der Waals surface area contributed by atoms with E-state index in [4.69, 9.17) is 9.84 Å². The summed E-state index contributed by atoms with van der Waals surface area (Å²) in [6.45, 7) is 3.32. The zero-order chi connectivity index (χ0) is 13.9. The van der Waals surface area contributed by atoms with Gasteiger partial charge in [-0.05, 0) is 24.6 Å². The number of hydrogen-bond donors (Lipinski definition) is 3. The normalized spacial score (nSPS) is 18.0. The molecule has 1 aromatic carbocycles. The number of nitrogens with one attached hydrogen (secondary N) is 1. The summed E-state index contributed by atoms with van der Waals surface area (Å²) in [6.07, 6.45) is 1.13. The van der Waals surface area contributed by atoms with Gasteiger partial charge in [0, 0.05) is 38.3 Å². The molecule has 1 aliphatic heterocycles. The van der Waals surface area contributed by atoms with E-state index in [9.17, 15) is 9.90 Å². The van der Waals surface area contributed by atoms with E-state index < -0.39 is 11.6 Å². The van der Waals surface area contributed by atoms with Gasteiger partial charge < -0.3 is 20.3 Å². The van der Waals surface area contributed by atoms with E-state index in [1.165, 1.54) is 0 Å². The molecule has 0 bridgehead atoms. The monoisotopic (exact) mass is 265 g/mol. The number of rotatable bonds is 4. The van der Waals surface area contributed by atoms with Crippen LogP contribution in [0.25, 0.3) is 0 Å². The van der Waals surface area contributed by atoms with Crippen molar-refractivity contribution in [1.29, 1.82) is 0 Å². The van der Waals surface area contributed by atoms with E-state index in [1.54, 1.807) is 18.2 Å². The highest BCUT2D eigenvalue weighted by Gasteiger charge is 2.29. The lowest BCUT2D eigenvalue weighted by molar-refractivity contribution is -0.0543. The summed E-state index contributed by atoms with van der Waals surface area (Å²) in [4.78, 5) is 11.1. The smallest absolute Gasteiger partial charge is 0.337 e. The molecule has 104 valence electrons. The lowest BCUT2D eigenvalue weighted by Gasteiger charge is -2.32. The van der Waals surface area contributed by atoms with Gasteiger partial charge in [-0.15, -0.1) is 0 Å². The summed E-state index contributed by atoms with van der Waals surface area (Å²) in [5.74, 6) is -0.971. The van der Waals surface area contributed by atoms with Crippen molar-refractivity contribution in [3.05, 3.63) is 29.3 Å². The number of ether oxygens (including phenoxy) is 1. The standard InChI is InChI=1S/C14H19NO4/c1-10-2-3-11(13(16)17)12(8-10)15-9-14(18)4-6-19-7-5-14/h2-3,8,15,18H,4-7,9H2,1H3,(H,16,17). The van der Waals surface area contributed by atoms with Crippen LogP contribution in [0.3, 0.4) is 0 Å². The van der Waals surface area contributed by atoms with Crippen LogP contribution in [0.5, 0.6) is 0 Å². The van der Waals surface area contributed by atoms with E-state index >= 15 is 0 Å². The molecule has 0 atom stereocenters. The molecule has 1 aromatic rings. The second-order valence-corrected chi connectivity index (χ2v) is 5.04. The van der Waals surface area contributed by atoms with Crippen LogP contribution in [0.4, 0.5) is 5.69 Å². The highest BCUT2D eigenvalue weighted by molar-refractivity contribution is 5.94. The van der Waals surface area contributed by atoms with Crippen molar-refractivity contribution in [2.75, 3.05) is 25.1 Å². The minimum absolute atomic E-state index is 0.223. The lowest BCUT2D eigenvalue weighted by Crippen LogP contribution is -2.42. The Balaban J connectivity index is 2.10. The molecular weight excluding hydrogens is 246 g/mol. The Morgan fingerprint density at radius 1 is 1.42 bits per heavy atom. The van der Waals surface area contributed by atoms with E-state index in [2.05, 4.69) is 5.32 Å². The third kappa shape index (κ3) is 3.45. The van der Waals surface area contributed by atoms with Crippen LogP contribution in [-0.4, -0.2) is 41.5 Å². The molecule has 1 heterocycles. The van der Waals surface area contributed by atoms with Gasteiger partial charge in [0.05, 0.1) is 11.2 Å². The summed E-state index contributed by atoms with van der Waals surface area (Å²) in [7, 11) is 0. The van der Waals surface area contributed by atoms with Gasteiger partial charge in [0.25, 0.3) is 0 Å². The molecule has 0 aliphatic carbocycles. The third-order valence-electron chi connectivity index (χ3n) is 3.44. The van der Waals surface area contributed by atoms with Crippen molar-refractivity contribution in [3.63, 3.8) is 0 Å². The summed E-state index contributed by atoms with van der Waals surface area (Å²) in [5.41, 5.74) is 0.928. The Kier molecular flexibility index (Phi) is 4.07. The molecule has 0 saturated carbocycles. The van der Waals surface area contributed by atoms with Crippen molar-refractivity contribution in [3.8, 4) is 0 Å². The van der Waals surface area contributed by atoms with Gasteiger partial charge in [-0.3, -0.25) is 0 Å². The Bertz CT molecular complexity index is 467. The second kappa shape index (κ2) is 5.59. The maximum atomic E-state index is 11.1. The largest absolute Gasteiger partial charge is 0.478 e. The summed E-state index contributed by atoms with van der Waals surface area (Å²) in [6, 6.07) is 5.12. The van der Waals surface area contributed by atoms with Gasteiger partial charge in [0.1, 0.15) is 0 Å². The number of carboxylic acid groups (broad SMARTS) is 1. The van der Waals surface area contributed by atoms with Gasteiger partial charge in [0.15, 0.2) is 0 Å². The predicted octanol–water partition coefficient (Wildman–Crippen LogP) is 1.65. The van der Waals surface area contributed by atoms with Crippen LogP contribution in [0, 0.1) is 6.92 Å². The molecule has 1 saturated heterocycles. The first-order valence-corrected chi connectivity index (χ1v) is 6.38. The molecule has 5 heteroatoms. The Labute approximate surface area is 112 Å². The zero-order valence-electron chi connectivity index (χ0n) is 11.0. The van der Waals surface area contributed by atoms with Crippen LogP contribution in [0.1, 0.15) is 28.8 Å². The van der Waals surface area contributed by atoms with E-state index in [-0.39, 0.29) is 5.56 Å². The second-order valence-electron chi connectivity index (χ2n) is 5.04. The van der Waals surface area contributed by atoms with Crippen molar-refractivity contribution < 1.29 is 19.7 Å². The van der Waals surface area contributed by atoms with Gasteiger partial charge in [-0.2, -0.15) is 0 Å². The molecule has 0 spiro atoms. The third-order valence-corrected chi connectivity index (χ3v) is 3.44. The number of carbonyl (C=O) groups is 1. The lowest BCUT2D eigenvalue weighted by atomic mass is 9.94. The van der Waals surface area contributed by atoms with Crippen LogP contribution in [0.2, 0.25) is 0 Å². The highest BCUT2D eigenvalue weighted by Crippen LogP contribution is 2.23. The predicted molar refractivity (Wildman–Crippen MR) is 71.6 cm³/mol. The maximum absolute atomic E-state index is 11.1. The quantitative estimate of drug-likeness (QED) is 0.771. The number of aliphatic hydroxyl groups is 1. The first-order valence-electron chi connectivity index (χ1n) is 6.38. The molecule has 1 aliphatic rings. The van der Waals surface area contributed by atoms with Crippen LogP contribution in [-0.2, 0) is 4.74 Å².